The van der Waals surface area contributed by atoms with Crippen molar-refractivity contribution in [1.82, 2.24) is 0 Å². The molecule has 0 N–H and O–H groups in total. The topological polar surface area (TPSA) is 9.23 Å². The fourth-order valence-corrected chi connectivity index (χ4v) is 1.81. The standard InChI is InChI=1S/C7H9ClOS/c1-9-5-7-3-2-6(4-8)10-7/h2-3H,4-5H2,1H3. The molecule has 0 aliphatic carbocycles. The van der Waals surface area contributed by atoms with E-state index >= 15 is 0 Å². The summed E-state index contributed by atoms with van der Waals surface area (Å²) in [4.78, 5) is 2.44. The lowest BCUT2D eigenvalue weighted by atomic mass is 10.4. The molecule has 0 aromatic carbocycles. The van der Waals surface area contributed by atoms with Gasteiger partial charge in [0.25, 0.3) is 0 Å². The molecule has 1 aromatic rings. The largest absolute Gasteiger partial charge is 0.379 e. The number of hydrogen-bond acceptors (Lipinski definition) is 2. The summed E-state index contributed by atoms with van der Waals surface area (Å²) in [6.07, 6.45) is 0. The van der Waals surface area contributed by atoms with Crippen LogP contribution in [0.1, 0.15) is 9.75 Å². The first-order chi connectivity index (χ1) is 4.86. The monoisotopic (exact) mass is 176 g/mol. The van der Waals surface area contributed by atoms with Crippen molar-refractivity contribution in [3.05, 3.63) is 21.9 Å². The van der Waals surface area contributed by atoms with Crippen LogP contribution in [0.3, 0.4) is 0 Å². The van der Waals surface area contributed by atoms with Gasteiger partial charge in [-0.15, -0.1) is 22.9 Å². The summed E-state index contributed by atoms with van der Waals surface area (Å²) < 4.78 is 4.95. The molecule has 0 bridgehead atoms. The fraction of sp³-hybridized carbons (Fsp3) is 0.429. The number of methoxy groups -OCH3 is 1. The van der Waals surface area contributed by atoms with Crippen LogP contribution in [0.25, 0.3) is 0 Å². The van der Waals surface area contributed by atoms with Gasteiger partial charge in [-0.1, -0.05) is 0 Å². The van der Waals surface area contributed by atoms with Crippen LogP contribution in [0, 0.1) is 0 Å². The van der Waals surface area contributed by atoms with E-state index < -0.39 is 0 Å². The van der Waals surface area contributed by atoms with Crippen molar-refractivity contribution >= 4 is 22.9 Å². The fourth-order valence-electron chi connectivity index (χ4n) is 0.714. The molecule has 0 amide bonds. The van der Waals surface area contributed by atoms with E-state index in [-0.39, 0.29) is 0 Å². The Kier molecular flexibility index (Phi) is 3.19. The highest BCUT2D eigenvalue weighted by Gasteiger charge is 1.96. The summed E-state index contributed by atoms with van der Waals surface area (Å²) in [5.74, 6) is 0.606. The molecule has 1 aromatic heterocycles. The molecule has 0 atom stereocenters. The molecule has 1 heterocycles. The van der Waals surface area contributed by atoms with Crippen LogP contribution in [-0.2, 0) is 17.2 Å². The van der Waals surface area contributed by atoms with Crippen molar-refractivity contribution in [3.63, 3.8) is 0 Å². The number of halogens is 1. The summed E-state index contributed by atoms with van der Waals surface area (Å²) >= 11 is 7.31. The number of alkyl halides is 1. The van der Waals surface area contributed by atoms with E-state index in [0.717, 1.165) is 0 Å². The van der Waals surface area contributed by atoms with Gasteiger partial charge < -0.3 is 4.74 Å². The average Bonchev–Trinajstić information content (AvgIpc) is 2.37. The lowest BCUT2D eigenvalue weighted by molar-refractivity contribution is 0.187. The Morgan fingerprint density at radius 1 is 1.50 bits per heavy atom. The highest BCUT2D eigenvalue weighted by molar-refractivity contribution is 7.12. The summed E-state index contributed by atoms with van der Waals surface area (Å²) in [5.41, 5.74) is 0. The molecule has 0 aliphatic rings. The highest BCUT2D eigenvalue weighted by atomic mass is 35.5. The minimum atomic E-state index is 0.606. The van der Waals surface area contributed by atoms with Gasteiger partial charge in [0, 0.05) is 16.9 Å². The summed E-state index contributed by atoms with van der Waals surface area (Å²) in [7, 11) is 1.69. The van der Waals surface area contributed by atoms with Gasteiger partial charge in [-0.2, -0.15) is 0 Å². The third-order valence-electron chi connectivity index (χ3n) is 1.14. The van der Waals surface area contributed by atoms with Crippen LogP contribution in [0.15, 0.2) is 12.1 Å². The van der Waals surface area contributed by atoms with Crippen molar-refractivity contribution in [3.8, 4) is 0 Å². The molecule has 0 saturated carbocycles. The van der Waals surface area contributed by atoms with Crippen LogP contribution in [0.2, 0.25) is 0 Å². The predicted octanol–water partition coefficient (Wildman–Crippen LogP) is 2.63. The maximum absolute atomic E-state index is 5.61. The number of hydrogen-bond donors (Lipinski definition) is 0. The number of thiophene rings is 1. The molecule has 0 saturated heterocycles. The molecule has 0 unspecified atom stereocenters. The van der Waals surface area contributed by atoms with Crippen LogP contribution in [0.5, 0.6) is 0 Å². The zero-order valence-corrected chi connectivity index (χ0v) is 7.34. The van der Waals surface area contributed by atoms with Gasteiger partial charge in [0.15, 0.2) is 0 Å². The molecule has 0 aliphatic heterocycles. The van der Waals surface area contributed by atoms with Crippen LogP contribution in [-0.4, -0.2) is 7.11 Å². The van der Waals surface area contributed by atoms with Crippen LogP contribution >= 0.6 is 22.9 Å². The van der Waals surface area contributed by atoms with Gasteiger partial charge in [-0.25, -0.2) is 0 Å². The second-order valence-electron chi connectivity index (χ2n) is 1.93. The lowest BCUT2D eigenvalue weighted by Crippen LogP contribution is -1.79. The van der Waals surface area contributed by atoms with Gasteiger partial charge in [-0.3, -0.25) is 0 Å². The predicted molar refractivity (Wildman–Crippen MR) is 44.6 cm³/mol. The Hall–Kier alpha value is -0.0500. The molecule has 0 radical (unpaired) electrons. The van der Waals surface area contributed by atoms with Crippen LogP contribution < -0.4 is 0 Å². The SMILES string of the molecule is COCc1ccc(CCl)s1. The number of rotatable bonds is 3. The third-order valence-corrected chi connectivity index (χ3v) is 2.64. The van der Waals surface area contributed by atoms with E-state index in [4.69, 9.17) is 16.3 Å². The highest BCUT2D eigenvalue weighted by Crippen LogP contribution is 2.18. The molecule has 10 heavy (non-hydrogen) atoms. The van der Waals surface area contributed by atoms with Crippen molar-refractivity contribution in [2.75, 3.05) is 7.11 Å². The normalized spacial score (nSPS) is 10.2. The zero-order chi connectivity index (χ0) is 7.40. The Bertz CT molecular complexity index is 197. The molecule has 0 fully saturated rings. The van der Waals surface area contributed by atoms with Gasteiger partial charge in [-0.05, 0) is 12.1 Å². The zero-order valence-electron chi connectivity index (χ0n) is 5.76. The Morgan fingerprint density at radius 2 is 2.20 bits per heavy atom. The number of ether oxygens (including phenoxy) is 1. The van der Waals surface area contributed by atoms with E-state index in [0.29, 0.717) is 12.5 Å². The minimum absolute atomic E-state index is 0.606. The molecule has 3 heteroatoms. The van der Waals surface area contributed by atoms with E-state index in [2.05, 4.69) is 0 Å². The first kappa shape index (κ1) is 8.05. The van der Waals surface area contributed by atoms with Gasteiger partial charge in [0.1, 0.15) is 0 Å². The maximum Gasteiger partial charge on any atom is 0.0805 e. The Morgan fingerprint density at radius 3 is 2.70 bits per heavy atom. The molecule has 0 spiro atoms. The first-order valence-electron chi connectivity index (χ1n) is 2.99. The second-order valence-corrected chi connectivity index (χ2v) is 3.45. The average molecular weight is 177 g/mol. The molecular weight excluding hydrogens is 168 g/mol. The van der Waals surface area contributed by atoms with Gasteiger partial charge in [0.2, 0.25) is 0 Å². The lowest BCUT2D eigenvalue weighted by Gasteiger charge is -1.90. The maximum atomic E-state index is 5.61. The van der Waals surface area contributed by atoms with E-state index in [9.17, 15) is 0 Å². The van der Waals surface area contributed by atoms with E-state index in [1.165, 1.54) is 9.75 Å². The Balaban J connectivity index is 2.59. The molecular formula is C7H9ClOS. The molecule has 1 nitrogen and oxygen atoms in total. The summed E-state index contributed by atoms with van der Waals surface area (Å²) in [5, 5.41) is 0. The minimum Gasteiger partial charge on any atom is -0.379 e. The van der Waals surface area contributed by atoms with Crippen molar-refractivity contribution in [2.24, 2.45) is 0 Å². The molecule has 1 rings (SSSR count). The van der Waals surface area contributed by atoms with Crippen molar-refractivity contribution < 1.29 is 4.74 Å². The van der Waals surface area contributed by atoms with Crippen molar-refractivity contribution in [1.29, 1.82) is 0 Å². The van der Waals surface area contributed by atoms with E-state index in [1.807, 2.05) is 12.1 Å². The van der Waals surface area contributed by atoms with Crippen molar-refractivity contribution in [2.45, 2.75) is 12.5 Å². The Labute approximate surface area is 69.6 Å². The van der Waals surface area contributed by atoms with Gasteiger partial charge in [0.05, 0.1) is 12.5 Å². The van der Waals surface area contributed by atoms with Crippen LogP contribution in [0.4, 0.5) is 0 Å². The smallest absolute Gasteiger partial charge is 0.0805 e. The quantitative estimate of drug-likeness (QED) is 0.644. The molecule has 56 valence electrons. The first-order valence-corrected chi connectivity index (χ1v) is 4.34. The summed E-state index contributed by atoms with van der Waals surface area (Å²) in [6, 6.07) is 4.08. The van der Waals surface area contributed by atoms with Gasteiger partial charge >= 0.3 is 0 Å². The third kappa shape index (κ3) is 1.97. The van der Waals surface area contributed by atoms with E-state index in [1.54, 1.807) is 18.4 Å². The summed E-state index contributed by atoms with van der Waals surface area (Å²) in [6.45, 7) is 0.696. The second kappa shape index (κ2) is 3.96.